The highest BCUT2D eigenvalue weighted by atomic mass is 32.1. The molecule has 0 saturated heterocycles. The molecule has 1 aromatic heterocycles. The van der Waals surface area contributed by atoms with E-state index in [1.54, 1.807) is 0 Å². The average molecular weight is 377 g/mol. The van der Waals surface area contributed by atoms with Gasteiger partial charge in [0, 0.05) is 36.4 Å². The molecule has 27 heavy (non-hydrogen) atoms. The second-order valence-corrected chi connectivity index (χ2v) is 7.59. The summed E-state index contributed by atoms with van der Waals surface area (Å²) < 4.78 is 0.984. The van der Waals surface area contributed by atoms with Gasteiger partial charge in [-0.15, -0.1) is 11.3 Å². The lowest BCUT2D eigenvalue weighted by molar-refractivity contribution is 0.102. The van der Waals surface area contributed by atoms with Crippen LogP contribution in [0.25, 0.3) is 21.0 Å². The number of hydrogen-bond donors (Lipinski definition) is 2. The van der Waals surface area contributed by atoms with Gasteiger partial charge in [0.1, 0.15) is 5.01 Å². The molecule has 1 amide bonds. The maximum atomic E-state index is 12.9. The molecule has 3 aromatic carbocycles. The van der Waals surface area contributed by atoms with E-state index in [0.29, 0.717) is 16.3 Å². The third kappa shape index (κ3) is 3.25. The van der Waals surface area contributed by atoms with Crippen LogP contribution in [0.1, 0.15) is 15.4 Å². The molecule has 0 aliphatic rings. The van der Waals surface area contributed by atoms with Crippen molar-refractivity contribution in [2.24, 2.45) is 0 Å². The van der Waals surface area contributed by atoms with Crippen molar-refractivity contribution in [2.45, 2.75) is 6.61 Å². The number of benzene rings is 3. The first-order valence-electron chi connectivity index (χ1n) is 8.57. The van der Waals surface area contributed by atoms with Crippen LogP contribution in [0.4, 0.5) is 11.4 Å². The Hall–Kier alpha value is -2.96. The number of rotatable bonds is 4. The first-order valence-corrected chi connectivity index (χ1v) is 9.39. The number of amides is 1. The van der Waals surface area contributed by atoms with Crippen molar-refractivity contribution in [3.63, 3.8) is 0 Å². The molecule has 0 saturated carbocycles. The Morgan fingerprint density at radius 1 is 1.11 bits per heavy atom. The van der Waals surface area contributed by atoms with Gasteiger partial charge in [-0.2, -0.15) is 0 Å². The molecule has 0 unspecified atom stereocenters. The summed E-state index contributed by atoms with van der Waals surface area (Å²) >= 11 is 1.45. The third-order valence-electron chi connectivity index (χ3n) is 4.45. The third-order valence-corrected chi connectivity index (χ3v) is 5.47. The zero-order chi connectivity index (χ0) is 19.0. The van der Waals surface area contributed by atoms with Gasteiger partial charge in [0.2, 0.25) is 0 Å². The smallest absolute Gasteiger partial charge is 0.256 e. The summed E-state index contributed by atoms with van der Waals surface area (Å²) in [5.41, 5.74) is 3.16. The summed E-state index contributed by atoms with van der Waals surface area (Å²) in [6.45, 7) is -0.0781. The van der Waals surface area contributed by atoms with E-state index in [1.807, 2.05) is 73.6 Å². The maximum Gasteiger partial charge on any atom is 0.256 e. The van der Waals surface area contributed by atoms with Gasteiger partial charge < -0.3 is 15.3 Å². The fourth-order valence-electron chi connectivity index (χ4n) is 3.19. The van der Waals surface area contributed by atoms with E-state index in [1.165, 1.54) is 11.3 Å². The van der Waals surface area contributed by atoms with E-state index in [4.69, 9.17) is 0 Å². The summed E-state index contributed by atoms with van der Waals surface area (Å²) in [5, 5.41) is 14.8. The molecule has 1 heterocycles. The van der Waals surface area contributed by atoms with E-state index in [-0.39, 0.29) is 12.5 Å². The number of aliphatic hydroxyl groups excluding tert-OH is 1. The summed E-state index contributed by atoms with van der Waals surface area (Å²) in [6, 6.07) is 17.3. The molecular formula is C21H19N3O2S. The van der Waals surface area contributed by atoms with Crippen molar-refractivity contribution in [3.8, 4) is 0 Å². The monoisotopic (exact) mass is 377 g/mol. The van der Waals surface area contributed by atoms with Gasteiger partial charge in [0.25, 0.3) is 5.91 Å². The number of nitrogens with zero attached hydrogens (tertiary/aromatic N) is 2. The molecule has 0 bridgehead atoms. The van der Waals surface area contributed by atoms with Gasteiger partial charge in [-0.05, 0) is 35.7 Å². The van der Waals surface area contributed by atoms with Crippen LogP contribution in [-0.4, -0.2) is 30.1 Å². The minimum Gasteiger partial charge on any atom is -0.389 e. The molecule has 0 radical (unpaired) electrons. The van der Waals surface area contributed by atoms with Crippen LogP contribution in [0.15, 0.2) is 54.6 Å². The van der Waals surface area contributed by atoms with E-state index in [9.17, 15) is 9.90 Å². The van der Waals surface area contributed by atoms with Crippen LogP contribution in [0, 0.1) is 0 Å². The Balaban J connectivity index is 1.70. The van der Waals surface area contributed by atoms with Crippen molar-refractivity contribution < 1.29 is 9.90 Å². The lowest BCUT2D eigenvalue weighted by atomic mass is 10.0. The number of fused-ring (bicyclic) bond motifs is 2. The van der Waals surface area contributed by atoms with Gasteiger partial charge in [0.05, 0.1) is 16.8 Å². The van der Waals surface area contributed by atoms with Crippen molar-refractivity contribution in [1.29, 1.82) is 0 Å². The fraction of sp³-hybridized carbons (Fsp3) is 0.143. The highest BCUT2D eigenvalue weighted by Gasteiger charge is 2.14. The highest BCUT2D eigenvalue weighted by molar-refractivity contribution is 7.18. The topological polar surface area (TPSA) is 65.5 Å². The Bertz CT molecular complexity index is 1150. The Morgan fingerprint density at radius 2 is 1.89 bits per heavy atom. The zero-order valence-electron chi connectivity index (χ0n) is 15.1. The van der Waals surface area contributed by atoms with Crippen LogP contribution in [0.5, 0.6) is 0 Å². The largest absolute Gasteiger partial charge is 0.389 e. The van der Waals surface area contributed by atoms with Gasteiger partial charge in [0.15, 0.2) is 0 Å². The molecule has 4 aromatic rings. The number of thiazole rings is 1. The van der Waals surface area contributed by atoms with Crippen LogP contribution in [0.3, 0.4) is 0 Å². The average Bonchev–Trinajstić information content (AvgIpc) is 3.09. The van der Waals surface area contributed by atoms with E-state index >= 15 is 0 Å². The first kappa shape index (κ1) is 17.5. The summed E-state index contributed by atoms with van der Waals surface area (Å²) in [4.78, 5) is 19.3. The molecule has 2 N–H and O–H groups in total. The molecule has 6 heteroatoms. The number of carbonyl (C=O) groups is 1. The quantitative estimate of drug-likeness (QED) is 0.558. The fourth-order valence-corrected chi connectivity index (χ4v) is 4.00. The Morgan fingerprint density at radius 3 is 2.63 bits per heavy atom. The second-order valence-electron chi connectivity index (χ2n) is 6.47. The normalized spacial score (nSPS) is 11.1. The number of nitrogens with one attached hydrogen (secondary N) is 1. The number of hydrogen-bond acceptors (Lipinski definition) is 5. The second kappa shape index (κ2) is 6.98. The molecule has 4 rings (SSSR count). The van der Waals surface area contributed by atoms with Crippen molar-refractivity contribution in [2.75, 3.05) is 24.3 Å². The highest BCUT2D eigenvalue weighted by Crippen LogP contribution is 2.30. The minimum atomic E-state index is -0.159. The van der Waals surface area contributed by atoms with Gasteiger partial charge in [-0.3, -0.25) is 4.79 Å². The molecule has 0 fully saturated rings. The van der Waals surface area contributed by atoms with Gasteiger partial charge in [-0.1, -0.05) is 24.3 Å². The molecule has 0 aliphatic heterocycles. The van der Waals surface area contributed by atoms with Gasteiger partial charge >= 0.3 is 0 Å². The van der Waals surface area contributed by atoms with Gasteiger partial charge in [-0.25, -0.2) is 4.98 Å². The van der Waals surface area contributed by atoms with E-state index in [2.05, 4.69) is 10.3 Å². The maximum absolute atomic E-state index is 12.9. The number of aliphatic hydroxyl groups is 1. The predicted molar refractivity (Wildman–Crippen MR) is 112 cm³/mol. The minimum absolute atomic E-state index is 0.0781. The van der Waals surface area contributed by atoms with Crippen LogP contribution < -0.4 is 10.2 Å². The van der Waals surface area contributed by atoms with Crippen molar-refractivity contribution in [3.05, 3.63) is 65.2 Å². The Kier molecular flexibility index (Phi) is 4.51. The van der Waals surface area contributed by atoms with Crippen LogP contribution >= 0.6 is 11.3 Å². The molecular weight excluding hydrogens is 358 g/mol. The zero-order valence-corrected chi connectivity index (χ0v) is 15.9. The standard InChI is InChI=1S/C21H19N3O2S/c1-24(2)18-9-8-16(14-5-3-4-6-15(14)18)21(26)22-13-7-10-19-17(11-13)23-20(12-25)27-19/h3-11,25H,12H2,1-2H3,(H,22,26). The van der Waals surface area contributed by atoms with E-state index in [0.717, 1.165) is 26.7 Å². The molecule has 5 nitrogen and oxygen atoms in total. The van der Waals surface area contributed by atoms with Crippen LogP contribution in [0.2, 0.25) is 0 Å². The number of aromatic nitrogens is 1. The van der Waals surface area contributed by atoms with Crippen LogP contribution in [-0.2, 0) is 6.61 Å². The Labute approximate surface area is 160 Å². The predicted octanol–water partition coefficient (Wildman–Crippen LogP) is 4.26. The summed E-state index contributed by atoms with van der Waals surface area (Å²) in [6.07, 6.45) is 0. The summed E-state index contributed by atoms with van der Waals surface area (Å²) in [7, 11) is 3.98. The first-order chi connectivity index (χ1) is 13.1. The molecule has 0 aliphatic carbocycles. The molecule has 136 valence electrons. The SMILES string of the molecule is CN(C)c1ccc(C(=O)Nc2ccc3sc(CO)nc3c2)c2ccccc12. The number of carbonyl (C=O) groups excluding carboxylic acids is 1. The molecule has 0 spiro atoms. The van der Waals surface area contributed by atoms with Crippen molar-refractivity contribution >= 4 is 49.6 Å². The lowest BCUT2D eigenvalue weighted by Crippen LogP contribution is -2.14. The number of anilines is 2. The van der Waals surface area contributed by atoms with Crippen molar-refractivity contribution in [1.82, 2.24) is 4.98 Å². The molecule has 0 atom stereocenters. The summed E-state index contributed by atoms with van der Waals surface area (Å²) in [5.74, 6) is -0.159. The lowest BCUT2D eigenvalue weighted by Gasteiger charge is -2.17. The van der Waals surface area contributed by atoms with E-state index < -0.39 is 0 Å².